The summed E-state index contributed by atoms with van der Waals surface area (Å²) in [4.78, 5) is 12.7. The number of methoxy groups -OCH3 is 1. The van der Waals surface area contributed by atoms with Crippen LogP contribution in [0.25, 0.3) is 16.6 Å². The molecule has 4 heteroatoms. The second-order valence-corrected chi connectivity index (χ2v) is 6.40. The normalized spacial score (nSPS) is 10.7. The molecule has 0 atom stereocenters. The van der Waals surface area contributed by atoms with Crippen molar-refractivity contribution in [3.63, 3.8) is 0 Å². The van der Waals surface area contributed by atoms with Crippen LogP contribution in [0.15, 0.2) is 79.0 Å². The lowest BCUT2D eigenvalue weighted by Gasteiger charge is -2.15. The van der Waals surface area contributed by atoms with Gasteiger partial charge in [0.2, 0.25) is 0 Å². The lowest BCUT2D eigenvalue weighted by atomic mass is 10.2. The molecule has 1 N–H and O–H groups in total. The number of nitrogens with one attached hydrogen (secondary N) is 1. The largest absolute Gasteiger partial charge is 0.497 e. The molecule has 0 aliphatic heterocycles. The van der Waals surface area contributed by atoms with Gasteiger partial charge in [-0.1, -0.05) is 36.4 Å². The SMILES string of the molecule is COc1ccc(NC(=O)c2ccccc2)c(-n2cc(C)c3ccccc32)c1. The van der Waals surface area contributed by atoms with E-state index in [-0.39, 0.29) is 5.91 Å². The monoisotopic (exact) mass is 356 g/mol. The fourth-order valence-corrected chi connectivity index (χ4v) is 3.28. The maximum atomic E-state index is 12.7. The highest BCUT2D eigenvalue weighted by Crippen LogP contribution is 2.31. The van der Waals surface area contributed by atoms with E-state index in [1.807, 2.05) is 48.5 Å². The molecule has 1 amide bonds. The molecular weight excluding hydrogens is 336 g/mol. The van der Waals surface area contributed by atoms with Crippen molar-refractivity contribution in [3.8, 4) is 11.4 Å². The first-order chi connectivity index (χ1) is 13.2. The molecule has 0 radical (unpaired) electrons. The third kappa shape index (κ3) is 3.17. The minimum Gasteiger partial charge on any atom is -0.497 e. The van der Waals surface area contributed by atoms with Crippen LogP contribution in [0.4, 0.5) is 5.69 Å². The van der Waals surface area contributed by atoms with Gasteiger partial charge in [0.1, 0.15) is 5.75 Å². The van der Waals surface area contributed by atoms with E-state index in [0.717, 1.165) is 22.6 Å². The maximum absolute atomic E-state index is 12.7. The Balaban J connectivity index is 1.83. The highest BCUT2D eigenvalue weighted by atomic mass is 16.5. The van der Waals surface area contributed by atoms with Crippen molar-refractivity contribution >= 4 is 22.5 Å². The molecule has 134 valence electrons. The molecule has 0 spiro atoms. The number of carbonyl (C=O) groups is 1. The van der Waals surface area contributed by atoms with Crippen LogP contribution in [-0.2, 0) is 0 Å². The Kier molecular flexibility index (Phi) is 4.38. The lowest BCUT2D eigenvalue weighted by molar-refractivity contribution is 0.102. The van der Waals surface area contributed by atoms with Crippen LogP contribution in [0.5, 0.6) is 5.75 Å². The fraction of sp³-hybridized carbons (Fsp3) is 0.0870. The van der Waals surface area contributed by atoms with Gasteiger partial charge in [-0.3, -0.25) is 4.79 Å². The molecule has 4 rings (SSSR count). The second kappa shape index (κ2) is 7.00. The van der Waals surface area contributed by atoms with Crippen LogP contribution < -0.4 is 10.1 Å². The number of benzene rings is 3. The molecule has 4 aromatic rings. The summed E-state index contributed by atoms with van der Waals surface area (Å²) in [5, 5.41) is 4.22. The van der Waals surface area contributed by atoms with Crippen molar-refractivity contribution in [2.75, 3.05) is 12.4 Å². The van der Waals surface area contributed by atoms with Gasteiger partial charge in [0.25, 0.3) is 5.91 Å². The zero-order chi connectivity index (χ0) is 18.8. The summed E-state index contributed by atoms with van der Waals surface area (Å²) in [6.07, 6.45) is 2.08. The van der Waals surface area contributed by atoms with Gasteiger partial charge in [0.05, 0.1) is 24.0 Å². The molecule has 27 heavy (non-hydrogen) atoms. The Labute approximate surface area is 158 Å². The van der Waals surface area contributed by atoms with E-state index in [2.05, 4.69) is 35.1 Å². The van der Waals surface area contributed by atoms with E-state index in [4.69, 9.17) is 4.74 Å². The summed E-state index contributed by atoms with van der Waals surface area (Å²) in [7, 11) is 1.64. The van der Waals surface area contributed by atoms with Gasteiger partial charge in [-0.25, -0.2) is 0 Å². The summed E-state index contributed by atoms with van der Waals surface area (Å²) in [6, 6.07) is 23.1. The van der Waals surface area contributed by atoms with E-state index < -0.39 is 0 Å². The molecule has 0 unspecified atom stereocenters. The number of aryl methyl sites for hydroxylation is 1. The zero-order valence-electron chi connectivity index (χ0n) is 15.3. The number of hydrogen-bond donors (Lipinski definition) is 1. The Bertz CT molecular complexity index is 1110. The van der Waals surface area contributed by atoms with Gasteiger partial charge in [-0.2, -0.15) is 0 Å². The summed E-state index contributed by atoms with van der Waals surface area (Å²) in [5.41, 5.74) is 4.47. The number of rotatable bonds is 4. The summed E-state index contributed by atoms with van der Waals surface area (Å²) >= 11 is 0. The molecule has 3 aromatic carbocycles. The topological polar surface area (TPSA) is 43.3 Å². The Morgan fingerprint density at radius 1 is 0.963 bits per heavy atom. The van der Waals surface area contributed by atoms with E-state index >= 15 is 0 Å². The number of anilines is 1. The molecule has 1 heterocycles. The van der Waals surface area contributed by atoms with Crippen molar-refractivity contribution in [2.45, 2.75) is 6.92 Å². The standard InChI is InChI=1S/C23H20N2O2/c1-16-15-25(21-11-7-6-10-19(16)21)22-14-18(27-2)12-13-20(22)24-23(26)17-8-4-3-5-9-17/h3-15H,1-2H3,(H,24,26). The number of hydrogen-bond acceptors (Lipinski definition) is 2. The predicted molar refractivity (Wildman–Crippen MR) is 109 cm³/mol. The minimum absolute atomic E-state index is 0.143. The highest BCUT2D eigenvalue weighted by molar-refractivity contribution is 6.05. The average molecular weight is 356 g/mol. The van der Waals surface area contributed by atoms with E-state index in [1.54, 1.807) is 19.2 Å². The first-order valence-corrected chi connectivity index (χ1v) is 8.79. The Hall–Kier alpha value is -3.53. The number of ether oxygens (including phenoxy) is 1. The van der Waals surface area contributed by atoms with Crippen molar-refractivity contribution in [3.05, 3.63) is 90.1 Å². The summed E-state index contributed by atoms with van der Waals surface area (Å²) in [5.74, 6) is 0.591. The molecular formula is C23H20N2O2. The van der Waals surface area contributed by atoms with Gasteiger partial charge < -0.3 is 14.6 Å². The van der Waals surface area contributed by atoms with Gasteiger partial charge in [-0.05, 0) is 42.8 Å². The number of para-hydroxylation sites is 1. The fourth-order valence-electron chi connectivity index (χ4n) is 3.28. The molecule has 0 saturated heterocycles. The van der Waals surface area contributed by atoms with Gasteiger partial charge in [0.15, 0.2) is 0 Å². The van der Waals surface area contributed by atoms with Crippen LogP contribution in [0.1, 0.15) is 15.9 Å². The Morgan fingerprint density at radius 3 is 2.48 bits per heavy atom. The van der Waals surface area contributed by atoms with Crippen molar-refractivity contribution in [2.24, 2.45) is 0 Å². The zero-order valence-corrected chi connectivity index (χ0v) is 15.3. The van der Waals surface area contributed by atoms with Gasteiger partial charge >= 0.3 is 0 Å². The third-order valence-corrected chi connectivity index (χ3v) is 4.66. The molecule has 4 nitrogen and oxygen atoms in total. The van der Waals surface area contributed by atoms with Crippen molar-refractivity contribution < 1.29 is 9.53 Å². The number of carbonyl (C=O) groups excluding carboxylic acids is 1. The molecule has 0 saturated carbocycles. The summed E-state index contributed by atoms with van der Waals surface area (Å²) in [6.45, 7) is 2.08. The highest BCUT2D eigenvalue weighted by Gasteiger charge is 2.14. The number of fused-ring (bicyclic) bond motifs is 1. The average Bonchev–Trinajstić information content (AvgIpc) is 3.06. The van der Waals surface area contributed by atoms with Gasteiger partial charge in [0, 0.05) is 23.2 Å². The smallest absolute Gasteiger partial charge is 0.255 e. The Morgan fingerprint density at radius 2 is 1.70 bits per heavy atom. The molecule has 0 aliphatic carbocycles. The second-order valence-electron chi connectivity index (χ2n) is 6.40. The van der Waals surface area contributed by atoms with Crippen molar-refractivity contribution in [1.29, 1.82) is 0 Å². The lowest BCUT2D eigenvalue weighted by Crippen LogP contribution is -2.13. The number of amides is 1. The van der Waals surface area contributed by atoms with Crippen LogP contribution >= 0.6 is 0 Å². The molecule has 0 aliphatic rings. The molecule has 0 bridgehead atoms. The van der Waals surface area contributed by atoms with Crippen LogP contribution in [0.2, 0.25) is 0 Å². The number of aromatic nitrogens is 1. The predicted octanol–water partition coefficient (Wildman–Crippen LogP) is 5.20. The van der Waals surface area contributed by atoms with E-state index in [1.165, 1.54) is 10.9 Å². The van der Waals surface area contributed by atoms with E-state index in [0.29, 0.717) is 5.56 Å². The first kappa shape index (κ1) is 16.9. The van der Waals surface area contributed by atoms with Gasteiger partial charge in [-0.15, -0.1) is 0 Å². The van der Waals surface area contributed by atoms with E-state index in [9.17, 15) is 4.79 Å². The van der Waals surface area contributed by atoms with Crippen LogP contribution in [0, 0.1) is 6.92 Å². The van der Waals surface area contributed by atoms with Crippen molar-refractivity contribution in [1.82, 2.24) is 4.57 Å². The van der Waals surface area contributed by atoms with Crippen LogP contribution in [-0.4, -0.2) is 17.6 Å². The first-order valence-electron chi connectivity index (χ1n) is 8.79. The quantitative estimate of drug-likeness (QED) is 0.546. The number of nitrogens with zero attached hydrogens (tertiary/aromatic N) is 1. The molecule has 0 fully saturated rings. The third-order valence-electron chi connectivity index (χ3n) is 4.66. The molecule has 1 aromatic heterocycles. The maximum Gasteiger partial charge on any atom is 0.255 e. The minimum atomic E-state index is -0.143. The van der Waals surface area contributed by atoms with Crippen LogP contribution in [0.3, 0.4) is 0 Å². The summed E-state index contributed by atoms with van der Waals surface area (Å²) < 4.78 is 7.50.